The van der Waals surface area contributed by atoms with E-state index >= 15 is 0 Å². The highest BCUT2D eigenvalue weighted by molar-refractivity contribution is 5.93. The molecule has 1 amide bonds. The second-order valence-corrected chi connectivity index (χ2v) is 12.0. The molecule has 0 spiro atoms. The average Bonchev–Trinajstić information content (AvgIpc) is 3.14. The molecule has 1 aromatic heterocycles. The number of para-hydroxylation sites is 2. The molecule has 9 nitrogen and oxygen atoms in total. The van der Waals surface area contributed by atoms with Gasteiger partial charge in [-0.05, 0) is 46.0 Å². The van der Waals surface area contributed by atoms with Crippen LogP contribution in [0.3, 0.4) is 0 Å². The van der Waals surface area contributed by atoms with Crippen LogP contribution in [0.4, 0.5) is 0 Å². The zero-order valence-corrected chi connectivity index (χ0v) is 26.1. The standard InChI is InChI=1S/C38H38N4O5/c43-25-26-8-10-29(11-9-26)36-21-32(24-42-16-18-45-19-17-42)46-38(47-36)30-14-12-28(13-15-30)31-5-3-4-27(20-31)22-40-37(44)35-23-39-33-6-1-2-7-34(33)41-35/h1-15,20,23,32,36,38,43H,16-19,21-22,24-25H2,(H,40,44)/t32-,36+,38+/m1/s1. The number of aliphatic hydroxyl groups is 1. The van der Waals surface area contributed by atoms with Crippen LogP contribution in [0.1, 0.15) is 51.6 Å². The lowest BCUT2D eigenvalue weighted by Gasteiger charge is -2.39. The number of hydrogen-bond acceptors (Lipinski definition) is 8. The van der Waals surface area contributed by atoms with Gasteiger partial charge in [-0.15, -0.1) is 0 Å². The van der Waals surface area contributed by atoms with E-state index in [9.17, 15) is 9.90 Å². The number of fused-ring (bicyclic) bond motifs is 1. The van der Waals surface area contributed by atoms with Crippen molar-refractivity contribution in [1.82, 2.24) is 20.2 Å². The second-order valence-electron chi connectivity index (χ2n) is 12.0. The molecular formula is C38H38N4O5. The van der Waals surface area contributed by atoms with Gasteiger partial charge in [-0.2, -0.15) is 0 Å². The molecule has 0 aliphatic carbocycles. The molecular weight excluding hydrogens is 592 g/mol. The number of morpholine rings is 1. The van der Waals surface area contributed by atoms with Crippen molar-refractivity contribution < 1.29 is 24.1 Å². The second kappa shape index (κ2) is 14.5. The van der Waals surface area contributed by atoms with Gasteiger partial charge in [-0.1, -0.05) is 78.9 Å². The van der Waals surface area contributed by atoms with E-state index < -0.39 is 6.29 Å². The van der Waals surface area contributed by atoms with Crippen molar-refractivity contribution >= 4 is 16.9 Å². The van der Waals surface area contributed by atoms with E-state index in [1.165, 1.54) is 6.20 Å². The van der Waals surface area contributed by atoms with Gasteiger partial charge in [0.05, 0.1) is 49.3 Å². The van der Waals surface area contributed by atoms with Crippen molar-refractivity contribution in [2.24, 2.45) is 0 Å². The van der Waals surface area contributed by atoms with Crippen LogP contribution in [0.2, 0.25) is 0 Å². The Morgan fingerprint density at radius 1 is 0.830 bits per heavy atom. The third-order valence-electron chi connectivity index (χ3n) is 8.76. The molecule has 240 valence electrons. The van der Waals surface area contributed by atoms with Crippen molar-refractivity contribution in [3.63, 3.8) is 0 Å². The summed E-state index contributed by atoms with van der Waals surface area (Å²) in [6, 6.07) is 31.9. The number of aromatic nitrogens is 2. The minimum absolute atomic E-state index is 0.00141. The van der Waals surface area contributed by atoms with E-state index in [0.29, 0.717) is 17.8 Å². The molecule has 3 atom stereocenters. The fraction of sp³-hybridized carbons (Fsp3) is 0.289. The Bertz CT molecular complexity index is 1810. The van der Waals surface area contributed by atoms with Gasteiger partial charge in [0, 0.05) is 38.2 Å². The Kier molecular flexibility index (Phi) is 9.60. The van der Waals surface area contributed by atoms with E-state index in [4.69, 9.17) is 14.2 Å². The molecule has 2 N–H and O–H groups in total. The molecule has 2 aliphatic rings. The van der Waals surface area contributed by atoms with Crippen LogP contribution in [-0.2, 0) is 27.4 Å². The summed E-state index contributed by atoms with van der Waals surface area (Å²) >= 11 is 0. The van der Waals surface area contributed by atoms with Crippen LogP contribution in [0.25, 0.3) is 22.2 Å². The SMILES string of the molecule is O=C(NCc1cccc(-c2ccc([C@H]3O[C@@H](CN4CCOCC4)C[C@@H](c4ccc(CO)cc4)O3)cc2)c1)c1cnc2ccccc2n1. The van der Waals surface area contributed by atoms with Crippen molar-refractivity contribution in [2.75, 3.05) is 32.8 Å². The average molecular weight is 631 g/mol. The molecule has 9 heteroatoms. The third-order valence-corrected chi connectivity index (χ3v) is 8.76. The lowest BCUT2D eigenvalue weighted by Crippen LogP contribution is -2.44. The number of hydrogen-bond donors (Lipinski definition) is 2. The van der Waals surface area contributed by atoms with Gasteiger partial charge in [0.25, 0.3) is 5.91 Å². The molecule has 3 heterocycles. The van der Waals surface area contributed by atoms with Gasteiger partial charge in [0.2, 0.25) is 0 Å². The molecule has 7 rings (SSSR count). The molecule has 0 bridgehead atoms. The first-order chi connectivity index (χ1) is 23.1. The Hall–Kier alpha value is -4.51. The number of carbonyl (C=O) groups is 1. The van der Waals surface area contributed by atoms with E-state index in [1.807, 2.05) is 60.7 Å². The predicted octanol–water partition coefficient (Wildman–Crippen LogP) is 5.60. The number of nitrogens with one attached hydrogen (secondary N) is 1. The van der Waals surface area contributed by atoms with Crippen molar-refractivity contribution in [3.05, 3.63) is 131 Å². The number of carbonyl (C=O) groups excluding carboxylic acids is 1. The highest BCUT2D eigenvalue weighted by Gasteiger charge is 2.33. The first kappa shape index (κ1) is 31.1. The largest absolute Gasteiger partial charge is 0.392 e. The number of amides is 1. The van der Waals surface area contributed by atoms with Crippen molar-refractivity contribution in [3.8, 4) is 11.1 Å². The molecule has 0 unspecified atom stereocenters. The third kappa shape index (κ3) is 7.56. The lowest BCUT2D eigenvalue weighted by molar-refractivity contribution is -0.253. The fourth-order valence-electron chi connectivity index (χ4n) is 6.14. The minimum atomic E-state index is -0.508. The maximum absolute atomic E-state index is 12.8. The lowest BCUT2D eigenvalue weighted by atomic mass is 9.99. The number of rotatable bonds is 9. The van der Waals surface area contributed by atoms with Crippen LogP contribution in [-0.4, -0.2) is 64.8 Å². The van der Waals surface area contributed by atoms with E-state index in [2.05, 4.69) is 56.6 Å². The highest BCUT2D eigenvalue weighted by atomic mass is 16.7. The summed E-state index contributed by atoms with van der Waals surface area (Å²) in [5.41, 5.74) is 7.73. The maximum atomic E-state index is 12.8. The molecule has 4 aromatic carbocycles. The summed E-state index contributed by atoms with van der Waals surface area (Å²) in [5, 5.41) is 12.5. The number of nitrogens with zero attached hydrogens (tertiary/aromatic N) is 3. The highest BCUT2D eigenvalue weighted by Crippen LogP contribution is 2.38. The van der Waals surface area contributed by atoms with Gasteiger partial charge in [0.1, 0.15) is 5.69 Å². The molecule has 2 fully saturated rings. The van der Waals surface area contributed by atoms with Gasteiger partial charge < -0.3 is 24.6 Å². The number of ether oxygens (including phenoxy) is 3. The number of benzene rings is 4. The van der Waals surface area contributed by atoms with Gasteiger partial charge >= 0.3 is 0 Å². The fourth-order valence-corrected chi connectivity index (χ4v) is 6.14. The summed E-state index contributed by atoms with van der Waals surface area (Å²) in [5.74, 6) is -0.264. The quantitative estimate of drug-likeness (QED) is 0.217. The predicted molar refractivity (Wildman–Crippen MR) is 178 cm³/mol. The Morgan fingerprint density at radius 3 is 2.38 bits per heavy atom. The summed E-state index contributed by atoms with van der Waals surface area (Å²) < 4.78 is 18.7. The molecule has 2 saturated heterocycles. The van der Waals surface area contributed by atoms with E-state index in [1.54, 1.807) is 0 Å². The summed E-state index contributed by atoms with van der Waals surface area (Å²) in [6.45, 7) is 4.49. The van der Waals surface area contributed by atoms with Crippen LogP contribution >= 0.6 is 0 Å². The molecule has 47 heavy (non-hydrogen) atoms. The van der Waals surface area contributed by atoms with E-state index in [-0.39, 0.29) is 24.7 Å². The molecule has 2 aliphatic heterocycles. The van der Waals surface area contributed by atoms with Gasteiger partial charge in [-0.3, -0.25) is 14.7 Å². The van der Waals surface area contributed by atoms with Gasteiger partial charge in [0.15, 0.2) is 6.29 Å². The molecule has 0 saturated carbocycles. The Morgan fingerprint density at radius 2 is 1.60 bits per heavy atom. The minimum Gasteiger partial charge on any atom is -0.392 e. The first-order valence-corrected chi connectivity index (χ1v) is 16.1. The molecule has 5 aromatic rings. The normalized spacial score (nSPS) is 20.2. The Balaban J connectivity index is 1.03. The monoisotopic (exact) mass is 630 g/mol. The van der Waals surface area contributed by atoms with Crippen LogP contribution in [0.15, 0.2) is 103 Å². The summed E-state index contributed by atoms with van der Waals surface area (Å²) in [6.07, 6.45) is 1.63. The smallest absolute Gasteiger partial charge is 0.271 e. The van der Waals surface area contributed by atoms with Crippen molar-refractivity contribution in [2.45, 2.75) is 38.1 Å². The van der Waals surface area contributed by atoms with Crippen molar-refractivity contribution in [1.29, 1.82) is 0 Å². The van der Waals surface area contributed by atoms with Crippen LogP contribution < -0.4 is 5.32 Å². The van der Waals surface area contributed by atoms with Crippen LogP contribution in [0, 0.1) is 0 Å². The summed E-state index contributed by atoms with van der Waals surface area (Å²) in [7, 11) is 0. The Labute approximate surface area is 274 Å². The topological polar surface area (TPSA) is 106 Å². The first-order valence-electron chi connectivity index (χ1n) is 16.1. The zero-order valence-electron chi connectivity index (χ0n) is 26.1. The van der Waals surface area contributed by atoms with Gasteiger partial charge in [-0.25, -0.2) is 4.98 Å². The number of aliphatic hydroxyl groups excluding tert-OH is 1. The maximum Gasteiger partial charge on any atom is 0.271 e. The van der Waals surface area contributed by atoms with E-state index in [0.717, 1.165) is 78.2 Å². The zero-order chi connectivity index (χ0) is 32.0. The van der Waals surface area contributed by atoms with Crippen LogP contribution in [0.5, 0.6) is 0 Å². The molecule has 0 radical (unpaired) electrons. The summed E-state index contributed by atoms with van der Waals surface area (Å²) in [4.78, 5) is 24.0.